The van der Waals surface area contributed by atoms with E-state index in [0.717, 1.165) is 17.0 Å². The molecule has 1 heterocycles. The lowest BCUT2D eigenvalue weighted by Crippen LogP contribution is -2.32. The van der Waals surface area contributed by atoms with Crippen molar-refractivity contribution in [3.05, 3.63) is 108 Å². The van der Waals surface area contributed by atoms with E-state index in [9.17, 15) is 27.9 Å². The lowest BCUT2D eigenvalue weighted by Gasteiger charge is -2.31. The van der Waals surface area contributed by atoms with Gasteiger partial charge < -0.3 is 14.9 Å². The van der Waals surface area contributed by atoms with Crippen LogP contribution in [-0.4, -0.2) is 44.2 Å². The average molecular weight is 554 g/mol. The molecule has 4 aromatic rings. The van der Waals surface area contributed by atoms with Gasteiger partial charge in [-0.05, 0) is 47.4 Å². The second-order valence-corrected chi connectivity index (χ2v) is 8.77. The molecule has 1 aliphatic carbocycles. The van der Waals surface area contributed by atoms with Gasteiger partial charge in [0.2, 0.25) is 0 Å². The van der Waals surface area contributed by atoms with Crippen LogP contribution in [-0.2, 0) is 16.2 Å². The zero-order chi connectivity index (χ0) is 29.1. The molecule has 0 radical (unpaired) electrons. The molecule has 0 saturated heterocycles. The maximum Gasteiger partial charge on any atom is 0.379 e. The molecular weight excluding hydrogens is 527 g/mol. The highest BCUT2D eigenvalue weighted by atomic mass is 19.4. The summed E-state index contributed by atoms with van der Waals surface area (Å²) < 4.78 is 34.6. The third kappa shape index (κ3) is 8.03. The van der Waals surface area contributed by atoms with Crippen molar-refractivity contribution in [3.63, 3.8) is 0 Å². The molecule has 0 fully saturated rings. The van der Waals surface area contributed by atoms with Crippen molar-refractivity contribution in [2.75, 3.05) is 0 Å². The number of hydrogen-bond acceptors (Lipinski definition) is 5. The lowest BCUT2D eigenvalue weighted by atomic mass is 9.71. The number of aromatic amines is 1. The minimum Gasteiger partial charge on any atom is -0.487 e. The smallest absolute Gasteiger partial charge is 0.379 e. The monoisotopic (exact) mass is 553 g/mol. The van der Waals surface area contributed by atoms with Gasteiger partial charge in [0.05, 0.1) is 5.41 Å². The molecule has 1 atom stereocenters. The number of aromatic nitrogens is 3. The Labute approximate surface area is 227 Å². The fourth-order valence-electron chi connectivity index (χ4n) is 3.98. The maximum atomic E-state index is 11.6. The number of carboxylic acids is 2. The van der Waals surface area contributed by atoms with E-state index in [4.69, 9.17) is 9.84 Å². The molecule has 208 valence electrons. The number of carboxylic acid groups (broad SMARTS) is 2. The molecule has 0 saturated carbocycles. The molecule has 0 amide bonds. The molecule has 3 aromatic carbocycles. The van der Waals surface area contributed by atoms with Crippen molar-refractivity contribution in [3.8, 4) is 5.75 Å². The highest BCUT2D eigenvalue weighted by Crippen LogP contribution is 2.43. The number of ether oxygens (including phenoxy) is 1. The molecular formula is C29H26F3N3O5. The van der Waals surface area contributed by atoms with E-state index in [2.05, 4.69) is 27.5 Å². The van der Waals surface area contributed by atoms with Crippen molar-refractivity contribution >= 4 is 28.3 Å². The number of hydrogen-bond donors (Lipinski definition) is 3. The molecule has 1 aliphatic rings. The Bertz CT molecular complexity index is 1490. The number of aliphatic carboxylic acids is 2. The van der Waals surface area contributed by atoms with Gasteiger partial charge in [0, 0.05) is 11.8 Å². The van der Waals surface area contributed by atoms with Crippen molar-refractivity contribution in [2.45, 2.75) is 26.6 Å². The Morgan fingerprint density at radius 3 is 2.23 bits per heavy atom. The Kier molecular flexibility index (Phi) is 10.2. The van der Waals surface area contributed by atoms with Crippen LogP contribution < -0.4 is 4.74 Å². The first-order chi connectivity index (χ1) is 19.1. The lowest BCUT2D eigenvalue weighted by molar-refractivity contribution is -0.144. The third-order valence-electron chi connectivity index (χ3n) is 6.00. The molecule has 0 bridgehead atoms. The molecule has 3 N–H and O–H groups in total. The number of allylic oxidation sites excluding steroid dienone is 2. The van der Waals surface area contributed by atoms with Crippen LogP contribution >= 0.6 is 0 Å². The first-order valence-corrected chi connectivity index (χ1v) is 11.9. The number of alkyl halides is 3. The standard InChI is InChI=1S/C15H14O4.C13H11N3O.CHF3/c1-15(14(18)19)9-11(13(16)17)7-8-12(15)10-5-3-2-4-6-10;1-2-4-11-7-13(6-5-10(11)3-1)17-9-12-8-14-16-15-12;2-1(3)4/h2-8H,9H2,1H3,(H,16,17)(H,18,19);1-8H,9H2,(H,14,15,16);1H. The number of benzene rings is 3. The highest BCUT2D eigenvalue weighted by molar-refractivity contribution is 5.98. The average Bonchev–Trinajstić information content (AvgIpc) is 3.46. The summed E-state index contributed by atoms with van der Waals surface area (Å²) in [6.45, 7) is -1.68. The van der Waals surface area contributed by atoms with E-state index < -0.39 is 24.0 Å². The number of halogens is 3. The van der Waals surface area contributed by atoms with Crippen LogP contribution in [0, 0.1) is 5.41 Å². The van der Waals surface area contributed by atoms with Gasteiger partial charge in [-0.3, -0.25) is 9.89 Å². The number of nitrogens with one attached hydrogen (secondary N) is 1. The number of carbonyl (C=O) groups is 2. The van der Waals surface area contributed by atoms with Crippen LogP contribution in [0.3, 0.4) is 0 Å². The maximum absolute atomic E-state index is 11.6. The first-order valence-electron chi connectivity index (χ1n) is 11.9. The Morgan fingerprint density at radius 2 is 1.62 bits per heavy atom. The summed E-state index contributed by atoms with van der Waals surface area (Å²) in [5, 5.41) is 31.0. The number of rotatable bonds is 6. The summed E-state index contributed by atoms with van der Waals surface area (Å²) in [5.41, 5.74) is 1.12. The Morgan fingerprint density at radius 1 is 0.975 bits per heavy atom. The van der Waals surface area contributed by atoms with Crippen LogP contribution in [0.4, 0.5) is 13.2 Å². The van der Waals surface area contributed by atoms with E-state index in [1.807, 2.05) is 60.7 Å². The topological polar surface area (TPSA) is 125 Å². The molecule has 40 heavy (non-hydrogen) atoms. The summed E-state index contributed by atoms with van der Waals surface area (Å²) in [4.78, 5) is 22.6. The largest absolute Gasteiger partial charge is 0.487 e. The Hall–Kier alpha value is -4.93. The van der Waals surface area contributed by atoms with E-state index in [0.29, 0.717) is 12.2 Å². The van der Waals surface area contributed by atoms with E-state index in [1.54, 1.807) is 19.2 Å². The van der Waals surface area contributed by atoms with E-state index >= 15 is 0 Å². The number of H-pyrrole nitrogens is 1. The molecule has 11 heteroatoms. The predicted octanol–water partition coefficient (Wildman–Crippen LogP) is 6.29. The van der Waals surface area contributed by atoms with E-state index in [1.165, 1.54) is 16.8 Å². The van der Waals surface area contributed by atoms with Crippen LogP contribution in [0.5, 0.6) is 5.75 Å². The zero-order valence-corrected chi connectivity index (χ0v) is 21.3. The molecule has 0 spiro atoms. The van der Waals surface area contributed by atoms with Gasteiger partial charge in [0.25, 0.3) is 0 Å². The molecule has 1 unspecified atom stereocenters. The van der Waals surface area contributed by atoms with E-state index in [-0.39, 0.29) is 12.0 Å². The quantitative estimate of drug-likeness (QED) is 0.256. The molecule has 1 aromatic heterocycles. The summed E-state index contributed by atoms with van der Waals surface area (Å²) in [7, 11) is 0. The SMILES string of the molecule is CC1(C(=O)O)CC(C(=O)O)=CC=C1c1ccccc1.FC(F)F.c1ccc2cc(OCc3c[nH]nn3)ccc2c1. The van der Waals surface area contributed by atoms with Gasteiger partial charge in [-0.15, -0.1) is 5.10 Å². The summed E-state index contributed by atoms with van der Waals surface area (Å²) in [6.07, 6.45) is 4.78. The normalized spacial score (nSPS) is 16.0. The van der Waals surface area contributed by atoms with Crippen LogP contribution in [0.1, 0.15) is 24.6 Å². The van der Waals surface area contributed by atoms with Crippen molar-refractivity contribution < 1.29 is 37.7 Å². The number of nitrogens with zero attached hydrogens (tertiary/aromatic N) is 2. The van der Waals surface area contributed by atoms with Gasteiger partial charge >= 0.3 is 18.6 Å². The zero-order valence-electron chi connectivity index (χ0n) is 21.3. The van der Waals surface area contributed by atoms with Gasteiger partial charge in [-0.2, -0.15) is 13.2 Å². The van der Waals surface area contributed by atoms with Crippen molar-refractivity contribution in [1.29, 1.82) is 0 Å². The van der Waals surface area contributed by atoms with Gasteiger partial charge in [0.15, 0.2) is 0 Å². The predicted molar refractivity (Wildman–Crippen MR) is 142 cm³/mol. The fraction of sp³-hybridized carbons (Fsp3) is 0.172. The molecule has 5 rings (SSSR count). The van der Waals surface area contributed by atoms with Gasteiger partial charge in [0.1, 0.15) is 18.1 Å². The fourth-order valence-corrected chi connectivity index (χ4v) is 3.98. The minimum atomic E-state index is -3.67. The molecule has 0 aliphatic heterocycles. The van der Waals surface area contributed by atoms with Gasteiger partial charge in [-0.1, -0.05) is 78.0 Å². The highest BCUT2D eigenvalue weighted by Gasteiger charge is 2.41. The summed E-state index contributed by atoms with van der Waals surface area (Å²) in [6, 6.07) is 23.4. The van der Waals surface area contributed by atoms with Crippen LogP contribution in [0.15, 0.2) is 96.7 Å². The van der Waals surface area contributed by atoms with Gasteiger partial charge in [-0.25, -0.2) is 4.79 Å². The Balaban J connectivity index is 0.000000195. The van der Waals surface area contributed by atoms with Crippen LogP contribution in [0.25, 0.3) is 16.3 Å². The van der Waals surface area contributed by atoms with Crippen molar-refractivity contribution in [1.82, 2.24) is 15.4 Å². The summed E-state index contributed by atoms with van der Waals surface area (Å²) in [5.74, 6) is -1.25. The minimum absolute atomic E-state index is 0.0155. The molecule has 8 nitrogen and oxygen atoms in total. The first kappa shape index (κ1) is 29.6. The number of fused-ring (bicyclic) bond motifs is 1. The second-order valence-electron chi connectivity index (χ2n) is 8.77. The summed E-state index contributed by atoms with van der Waals surface area (Å²) >= 11 is 0. The van der Waals surface area contributed by atoms with Crippen LogP contribution in [0.2, 0.25) is 0 Å². The van der Waals surface area contributed by atoms with Crippen molar-refractivity contribution in [2.24, 2.45) is 5.41 Å². The second kappa shape index (κ2) is 13.7. The third-order valence-corrected chi connectivity index (χ3v) is 6.00.